The highest BCUT2D eigenvalue weighted by molar-refractivity contribution is 6.27. The van der Waals surface area contributed by atoms with E-state index in [9.17, 15) is 4.79 Å². The molecule has 0 aromatic heterocycles. The molecular weight excluding hydrogens is 106 g/mol. The van der Waals surface area contributed by atoms with E-state index in [0.29, 0.717) is 6.21 Å². The Kier molecular flexibility index (Phi) is 2.47. The van der Waals surface area contributed by atoms with Crippen molar-refractivity contribution >= 4 is 18.0 Å². The van der Waals surface area contributed by atoms with Crippen molar-refractivity contribution in [1.82, 2.24) is 0 Å². The first-order valence-corrected chi connectivity index (χ1v) is 2.02. The minimum absolute atomic E-state index is 0.179. The molecule has 0 saturated heterocycles. The van der Waals surface area contributed by atoms with Crippen molar-refractivity contribution in [3.05, 3.63) is 0 Å². The van der Waals surface area contributed by atoms with E-state index in [1.807, 2.05) is 0 Å². The lowest BCUT2D eigenvalue weighted by Crippen LogP contribution is -2.09. The highest BCUT2D eigenvalue weighted by Crippen LogP contribution is 1.67. The maximum atomic E-state index is 10.1. The zero-order chi connectivity index (χ0) is 6.57. The van der Waals surface area contributed by atoms with Gasteiger partial charge in [0, 0.05) is 0 Å². The summed E-state index contributed by atoms with van der Waals surface area (Å²) in [7, 11) is 0. The standard InChI is InChI=1S/C4H7N3O/c1-3(6)7-4(8)2-5/h2,5H,1H3,(H2,6,7,8). The molecule has 4 heteroatoms. The average molecular weight is 113 g/mol. The number of nitrogens with one attached hydrogen (secondary N) is 1. The van der Waals surface area contributed by atoms with Crippen LogP contribution < -0.4 is 5.73 Å². The number of rotatable bonds is 1. The van der Waals surface area contributed by atoms with Gasteiger partial charge in [0.25, 0.3) is 5.91 Å². The quantitative estimate of drug-likeness (QED) is 0.356. The maximum absolute atomic E-state index is 10.1. The molecule has 0 aliphatic heterocycles. The monoisotopic (exact) mass is 113 g/mol. The predicted molar refractivity (Wildman–Crippen MR) is 31.1 cm³/mol. The molecule has 3 N–H and O–H groups in total. The average Bonchev–Trinajstić information content (AvgIpc) is 1.65. The second kappa shape index (κ2) is 2.90. The molecular formula is C4H7N3O. The Bertz CT molecular complexity index is 134. The Hall–Kier alpha value is -1.19. The van der Waals surface area contributed by atoms with Crippen LogP contribution in [-0.2, 0) is 4.79 Å². The molecule has 0 spiro atoms. The van der Waals surface area contributed by atoms with Gasteiger partial charge in [0.05, 0.1) is 6.21 Å². The summed E-state index contributed by atoms with van der Waals surface area (Å²) in [6, 6.07) is 0. The lowest BCUT2D eigenvalue weighted by Gasteiger charge is -1.82. The number of hydrogen-bond acceptors (Lipinski definition) is 2. The molecule has 0 radical (unpaired) electrons. The van der Waals surface area contributed by atoms with Crippen LogP contribution in [0.2, 0.25) is 0 Å². The van der Waals surface area contributed by atoms with Crippen molar-refractivity contribution in [1.29, 1.82) is 5.41 Å². The Morgan fingerprint density at radius 1 is 1.88 bits per heavy atom. The number of amides is 1. The number of nitrogens with zero attached hydrogens (tertiary/aromatic N) is 1. The first-order chi connectivity index (χ1) is 3.66. The highest BCUT2D eigenvalue weighted by atomic mass is 16.1. The zero-order valence-corrected chi connectivity index (χ0v) is 4.51. The van der Waals surface area contributed by atoms with Crippen molar-refractivity contribution < 1.29 is 4.79 Å². The normalized spacial score (nSPS) is 10.9. The molecule has 44 valence electrons. The fourth-order valence-corrected chi connectivity index (χ4v) is 0.206. The predicted octanol–water partition coefficient (Wildman–Crippen LogP) is -0.460. The molecule has 0 fully saturated rings. The molecule has 0 aromatic rings. The zero-order valence-electron chi connectivity index (χ0n) is 4.51. The van der Waals surface area contributed by atoms with Gasteiger partial charge in [-0.05, 0) is 6.92 Å². The van der Waals surface area contributed by atoms with Crippen LogP contribution in [-0.4, -0.2) is 18.0 Å². The van der Waals surface area contributed by atoms with E-state index in [-0.39, 0.29) is 5.84 Å². The number of carbonyl (C=O) groups is 1. The maximum Gasteiger partial charge on any atom is 0.289 e. The third-order valence-corrected chi connectivity index (χ3v) is 0.410. The molecule has 0 aliphatic rings. The summed E-state index contributed by atoms with van der Waals surface area (Å²) in [4.78, 5) is 13.3. The van der Waals surface area contributed by atoms with Crippen LogP contribution in [0.3, 0.4) is 0 Å². The van der Waals surface area contributed by atoms with E-state index in [0.717, 1.165) is 0 Å². The summed E-state index contributed by atoms with van der Waals surface area (Å²) in [5.41, 5.74) is 4.99. The number of aliphatic imine (C=N–C) groups is 1. The molecule has 0 rings (SSSR count). The van der Waals surface area contributed by atoms with Gasteiger partial charge in [0.2, 0.25) is 0 Å². The van der Waals surface area contributed by atoms with E-state index in [2.05, 4.69) is 4.99 Å². The second-order valence-electron chi connectivity index (χ2n) is 1.24. The van der Waals surface area contributed by atoms with Crippen LogP contribution in [0.4, 0.5) is 0 Å². The summed E-state index contributed by atoms with van der Waals surface area (Å²) in [6.45, 7) is 1.49. The number of hydrogen-bond donors (Lipinski definition) is 2. The molecule has 0 bridgehead atoms. The third kappa shape index (κ3) is 3.02. The Morgan fingerprint density at radius 2 is 2.38 bits per heavy atom. The third-order valence-electron chi connectivity index (χ3n) is 0.410. The van der Waals surface area contributed by atoms with Gasteiger partial charge >= 0.3 is 0 Å². The summed E-state index contributed by atoms with van der Waals surface area (Å²) in [5.74, 6) is -0.441. The van der Waals surface area contributed by atoms with Gasteiger partial charge in [-0.25, -0.2) is 0 Å². The minimum atomic E-state index is -0.620. The van der Waals surface area contributed by atoms with Gasteiger partial charge in [0.15, 0.2) is 0 Å². The summed E-state index contributed by atoms with van der Waals surface area (Å²) in [5, 5.41) is 6.36. The summed E-state index contributed by atoms with van der Waals surface area (Å²) >= 11 is 0. The van der Waals surface area contributed by atoms with Gasteiger partial charge < -0.3 is 11.1 Å². The fraction of sp³-hybridized carbons (Fsp3) is 0.250. The second-order valence-corrected chi connectivity index (χ2v) is 1.24. The molecule has 0 saturated carbocycles. The minimum Gasteiger partial charge on any atom is -0.387 e. The molecule has 0 aromatic carbocycles. The number of nitrogens with two attached hydrogens (primary N) is 1. The Labute approximate surface area is 46.9 Å². The molecule has 0 aliphatic carbocycles. The Morgan fingerprint density at radius 3 is 2.50 bits per heavy atom. The van der Waals surface area contributed by atoms with Crippen LogP contribution in [0, 0.1) is 5.41 Å². The lowest BCUT2D eigenvalue weighted by atomic mass is 10.6. The van der Waals surface area contributed by atoms with Crippen molar-refractivity contribution in [3.8, 4) is 0 Å². The molecule has 4 nitrogen and oxygen atoms in total. The Balaban J connectivity index is 3.89. The van der Waals surface area contributed by atoms with Crippen LogP contribution in [0.5, 0.6) is 0 Å². The van der Waals surface area contributed by atoms with Gasteiger partial charge in [-0.1, -0.05) is 0 Å². The largest absolute Gasteiger partial charge is 0.387 e. The summed E-state index contributed by atoms with van der Waals surface area (Å²) in [6.07, 6.45) is 0.607. The van der Waals surface area contributed by atoms with Crippen LogP contribution in [0.15, 0.2) is 4.99 Å². The van der Waals surface area contributed by atoms with Gasteiger partial charge in [-0.2, -0.15) is 4.99 Å². The lowest BCUT2D eigenvalue weighted by molar-refractivity contribution is -0.111. The van der Waals surface area contributed by atoms with E-state index < -0.39 is 5.91 Å². The van der Waals surface area contributed by atoms with Crippen molar-refractivity contribution in [2.24, 2.45) is 10.7 Å². The van der Waals surface area contributed by atoms with Crippen LogP contribution in [0.1, 0.15) is 6.92 Å². The molecule has 1 amide bonds. The van der Waals surface area contributed by atoms with Gasteiger partial charge in [-0.3, -0.25) is 4.79 Å². The van der Waals surface area contributed by atoms with Crippen molar-refractivity contribution in [2.75, 3.05) is 0 Å². The molecule has 0 atom stereocenters. The highest BCUT2D eigenvalue weighted by Gasteiger charge is 1.87. The van der Waals surface area contributed by atoms with E-state index in [1.165, 1.54) is 6.92 Å². The van der Waals surface area contributed by atoms with Crippen LogP contribution >= 0.6 is 0 Å². The summed E-state index contributed by atoms with van der Waals surface area (Å²) < 4.78 is 0. The van der Waals surface area contributed by atoms with E-state index >= 15 is 0 Å². The molecule has 0 unspecified atom stereocenters. The van der Waals surface area contributed by atoms with Crippen molar-refractivity contribution in [3.63, 3.8) is 0 Å². The van der Waals surface area contributed by atoms with Gasteiger partial charge in [0.1, 0.15) is 5.84 Å². The van der Waals surface area contributed by atoms with Crippen molar-refractivity contribution in [2.45, 2.75) is 6.92 Å². The SMILES string of the molecule is CC(N)=NC(=O)C=N. The molecule has 0 heterocycles. The molecule has 8 heavy (non-hydrogen) atoms. The first-order valence-electron chi connectivity index (χ1n) is 2.02. The first kappa shape index (κ1) is 6.81. The van der Waals surface area contributed by atoms with E-state index in [4.69, 9.17) is 11.1 Å². The number of amidine groups is 1. The fourth-order valence-electron chi connectivity index (χ4n) is 0.206. The smallest absolute Gasteiger partial charge is 0.289 e. The van der Waals surface area contributed by atoms with Gasteiger partial charge in [-0.15, -0.1) is 0 Å². The van der Waals surface area contributed by atoms with E-state index in [1.54, 1.807) is 0 Å². The van der Waals surface area contributed by atoms with Crippen LogP contribution in [0.25, 0.3) is 0 Å². The topological polar surface area (TPSA) is 79.3 Å². The number of carbonyl (C=O) groups excluding carboxylic acids is 1.